The van der Waals surface area contributed by atoms with Crippen molar-refractivity contribution in [2.45, 2.75) is 12.5 Å². The zero-order chi connectivity index (χ0) is 13.8. The van der Waals surface area contributed by atoms with Crippen LogP contribution >= 0.6 is 11.6 Å². The molecule has 0 spiro atoms. The van der Waals surface area contributed by atoms with E-state index in [4.69, 9.17) is 17.3 Å². The van der Waals surface area contributed by atoms with Gasteiger partial charge in [0, 0.05) is 29.7 Å². The van der Waals surface area contributed by atoms with Crippen molar-refractivity contribution in [3.05, 3.63) is 34.9 Å². The van der Waals surface area contributed by atoms with Crippen LogP contribution in [0.4, 0.5) is 0 Å². The van der Waals surface area contributed by atoms with Crippen LogP contribution in [0, 0.1) is 0 Å². The molecule has 1 unspecified atom stereocenters. The van der Waals surface area contributed by atoms with Crippen molar-refractivity contribution in [3.8, 4) is 0 Å². The molecule has 1 atom stereocenters. The fraction of sp³-hybridized carbons (Fsp3) is 0.385. The molecule has 102 valence electrons. The van der Waals surface area contributed by atoms with Gasteiger partial charge in [0.05, 0.1) is 6.54 Å². The Bertz CT molecular complexity index is 475. The van der Waals surface area contributed by atoms with Crippen LogP contribution in [-0.4, -0.2) is 42.4 Å². The monoisotopic (exact) mass is 281 g/mol. The molecule has 6 heteroatoms. The Labute approximate surface area is 116 Å². The number of nitrogens with zero attached hydrogens (tertiary/aromatic N) is 1. The first-order chi connectivity index (χ1) is 9.04. The Hall–Kier alpha value is -1.43. The summed E-state index contributed by atoms with van der Waals surface area (Å²) >= 11 is 5.73. The SMILES string of the molecule is NC1CCN(CC(=O)NC(=O)c2ccc(Cl)cc2)C1. The zero-order valence-electron chi connectivity index (χ0n) is 10.4. The second kappa shape index (κ2) is 6.14. The summed E-state index contributed by atoms with van der Waals surface area (Å²) in [5.74, 6) is -0.723. The number of halogens is 1. The molecule has 1 aromatic carbocycles. The number of nitrogens with two attached hydrogens (primary N) is 1. The van der Waals surface area contributed by atoms with E-state index in [2.05, 4.69) is 5.32 Å². The van der Waals surface area contributed by atoms with Crippen molar-refractivity contribution < 1.29 is 9.59 Å². The smallest absolute Gasteiger partial charge is 0.257 e. The Kier molecular flexibility index (Phi) is 4.52. The molecule has 3 N–H and O–H groups in total. The maximum Gasteiger partial charge on any atom is 0.257 e. The minimum Gasteiger partial charge on any atom is -0.326 e. The number of imide groups is 1. The predicted molar refractivity (Wildman–Crippen MR) is 73.0 cm³/mol. The number of hydrogen-bond donors (Lipinski definition) is 2. The van der Waals surface area contributed by atoms with Gasteiger partial charge in [-0.2, -0.15) is 0 Å². The molecule has 1 heterocycles. The highest BCUT2D eigenvalue weighted by atomic mass is 35.5. The second-order valence-electron chi connectivity index (χ2n) is 4.67. The lowest BCUT2D eigenvalue weighted by molar-refractivity contribution is -0.121. The summed E-state index contributed by atoms with van der Waals surface area (Å²) in [6.07, 6.45) is 0.887. The van der Waals surface area contributed by atoms with Crippen LogP contribution in [0.2, 0.25) is 5.02 Å². The van der Waals surface area contributed by atoms with Gasteiger partial charge < -0.3 is 5.73 Å². The lowest BCUT2D eigenvalue weighted by Crippen LogP contribution is -2.40. The summed E-state index contributed by atoms with van der Waals surface area (Å²) < 4.78 is 0. The predicted octanol–water partition coefficient (Wildman–Crippen LogP) is 0.629. The maximum absolute atomic E-state index is 11.8. The van der Waals surface area contributed by atoms with Gasteiger partial charge in [-0.05, 0) is 30.7 Å². The largest absolute Gasteiger partial charge is 0.326 e. The number of benzene rings is 1. The van der Waals surface area contributed by atoms with Crippen molar-refractivity contribution in [2.24, 2.45) is 5.73 Å². The maximum atomic E-state index is 11.8. The highest BCUT2D eigenvalue weighted by molar-refractivity contribution is 6.30. The number of hydrogen-bond acceptors (Lipinski definition) is 4. The third-order valence-corrected chi connectivity index (χ3v) is 3.29. The Balaban J connectivity index is 1.85. The molecule has 2 amide bonds. The van der Waals surface area contributed by atoms with Crippen LogP contribution in [0.3, 0.4) is 0 Å². The van der Waals surface area contributed by atoms with Crippen molar-refractivity contribution in [1.29, 1.82) is 0 Å². The van der Waals surface area contributed by atoms with Crippen LogP contribution < -0.4 is 11.1 Å². The van der Waals surface area contributed by atoms with Gasteiger partial charge in [0.15, 0.2) is 0 Å². The molecule has 0 radical (unpaired) electrons. The van der Waals surface area contributed by atoms with Crippen LogP contribution in [-0.2, 0) is 4.79 Å². The standard InChI is InChI=1S/C13H16ClN3O2/c14-10-3-1-9(2-4-10)13(19)16-12(18)8-17-6-5-11(15)7-17/h1-4,11H,5-8,15H2,(H,16,18,19). The van der Waals surface area contributed by atoms with E-state index in [0.717, 1.165) is 13.0 Å². The first kappa shape index (κ1) is 14.0. The van der Waals surface area contributed by atoms with Crippen molar-refractivity contribution >= 4 is 23.4 Å². The number of nitrogens with one attached hydrogen (secondary N) is 1. The third kappa shape index (κ3) is 4.02. The number of carbonyl (C=O) groups is 2. The molecule has 0 aromatic heterocycles. The molecular weight excluding hydrogens is 266 g/mol. The van der Waals surface area contributed by atoms with Crippen LogP contribution in [0.25, 0.3) is 0 Å². The van der Waals surface area contributed by atoms with Gasteiger partial charge in [-0.1, -0.05) is 11.6 Å². The summed E-state index contributed by atoms with van der Waals surface area (Å²) in [5.41, 5.74) is 6.17. The summed E-state index contributed by atoms with van der Waals surface area (Å²) in [5, 5.41) is 2.90. The molecule has 0 saturated carbocycles. The quantitative estimate of drug-likeness (QED) is 0.852. The molecule has 1 aliphatic rings. The first-order valence-electron chi connectivity index (χ1n) is 6.12. The van der Waals surface area contributed by atoms with Gasteiger partial charge >= 0.3 is 0 Å². The molecule has 0 bridgehead atoms. The van der Waals surface area contributed by atoms with Gasteiger partial charge in [0.2, 0.25) is 5.91 Å². The average molecular weight is 282 g/mol. The van der Waals surface area contributed by atoms with Crippen molar-refractivity contribution in [2.75, 3.05) is 19.6 Å². The molecular formula is C13H16ClN3O2. The molecule has 1 aromatic rings. The topological polar surface area (TPSA) is 75.4 Å². The lowest BCUT2D eigenvalue weighted by atomic mass is 10.2. The Morgan fingerprint density at radius 2 is 2.05 bits per heavy atom. The van der Waals surface area contributed by atoms with E-state index in [0.29, 0.717) is 17.1 Å². The van der Waals surface area contributed by atoms with E-state index in [-0.39, 0.29) is 18.5 Å². The molecule has 19 heavy (non-hydrogen) atoms. The molecule has 0 aliphatic carbocycles. The van der Waals surface area contributed by atoms with Crippen LogP contribution in [0.5, 0.6) is 0 Å². The van der Waals surface area contributed by atoms with E-state index in [9.17, 15) is 9.59 Å². The third-order valence-electron chi connectivity index (χ3n) is 3.04. The Morgan fingerprint density at radius 1 is 1.37 bits per heavy atom. The molecule has 5 nitrogen and oxygen atoms in total. The van der Waals surface area contributed by atoms with Gasteiger partial charge in [-0.3, -0.25) is 19.8 Å². The van der Waals surface area contributed by atoms with Crippen molar-refractivity contribution in [1.82, 2.24) is 10.2 Å². The minimum absolute atomic E-state index is 0.125. The fourth-order valence-electron chi connectivity index (χ4n) is 2.05. The van der Waals surface area contributed by atoms with E-state index < -0.39 is 5.91 Å². The van der Waals surface area contributed by atoms with Crippen LogP contribution in [0.1, 0.15) is 16.8 Å². The Morgan fingerprint density at radius 3 is 2.63 bits per heavy atom. The van der Waals surface area contributed by atoms with E-state index in [1.807, 2.05) is 4.90 Å². The van der Waals surface area contributed by atoms with E-state index in [1.165, 1.54) is 0 Å². The van der Waals surface area contributed by atoms with Crippen LogP contribution in [0.15, 0.2) is 24.3 Å². The summed E-state index contributed by atoms with van der Waals surface area (Å²) in [4.78, 5) is 25.4. The number of likely N-dealkylation sites (tertiary alicyclic amines) is 1. The van der Waals surface area contributed by atoms with Gasteiger partial charge in [0.1, 0.15) is 0 Å². The highest BCUT2D eigenvalue weighted by Crippen LogP contribution is 2.09. The van der Waals surface area contributed by atoms with E-state index >= 15 is 0 Å². The number of carbonyl (C=O) groups excluding carboxylic acids is 2. The fourth-order valence-corrected chi connectivity index (χ4v) is 2.17. The number of rotatable bonds is 3. The molecule has 1 saturated heterocycles. The molecule has 1 fully saturated rings. The summed E-state index contributed by atoms with van der Waals surface area (Å²) in [6.45, 7) is 1.69. The first-order valence-corrected chi connectivity index (χ1v) is 6.50. The normalized spacial score (nSPS) is 19.4. The van der Waals surface area contributed by atoms with Gasteiger partial charge in [-0.15, -0.1) is 0 Å². The van der Waals surface area contributed by atoms with E-state index in [1.54, 1.807) is 24.3 Å². The van der Waals surface area contributed by atoms with Gasteiger partial charge in [-0.25, -0.2) is 0 Å². The van der Waals surface area contributed by atoms with Gasteiger partial charge in [0.25, 0.3) is 5.91 Å². The lowest BCUT2D eigenvalue weighted by Gasteiger charge is -2.14. The molecule has 2 rings (SSSR count). The highest BCUT2D eigenvalue weighted by Gasteiger charge is 2.21. The number of amides is 2. The zero-order valence-corrected chi connectivity index (χ0v) is 11.2. The second-order valence-corrected chi connectivity index (χ2v) is 5.10. The van der Waals surface area contributed by atoms with Crippen molar-refractivity contribution in [3.63, 3.8) is 0 Å². The minimum atomic E-state index is -0.412. The average Bonchev–Trinajstić information content (AvgIpc) is 2.75. The summed E-state index contributed by atoms with van der Waals surface area (Å²) in [6, 6.07) is 6.51. The summed E-state index contributed by atoms with van der Waals surface area (Å²) in [7, 11) is 0. The molecule has 1 aliphatic heterocycles.